The van der Waals surface area contributed by atoms with Crippen molar-refractivity contribution in [1.82, 2.24) is 0 Å². The number of carbonyl (C=O) groups excluding carboxylic acids is 2. The molecular formula is C17H15ClN2O3. The van der Waals surface area contributed by atoms with Crippen LogP contribution in [0.25, 0.3) is 0 Å². The molecule has 6 heteroatoms. The maximum absolute atomic E-state index is 12.3. The molecular weight excluding hydrogens is 316 g/mol. The van der Waals surface area contributed by atoms with Crippen LogP contribution in [0.2, 0.25) is 5.02 Å². The third-order valence-corrected chi connectivity index (χ3v) is 3.88. The van der Waals surface area contributed by atoms with Crippen molar-refractivity contribution in [2.45, 2.75) is 13.5 Å². The number of hydrogen-bond donors (Lipinski definition) is 1. The summed E-state index contributed by atoms with van der Waals surface area (Å²) in [5, 5.41) is 3.31. The van der Waals surface area contributed by atoms with E-state index in [1.165, 1.54) is 6.92 Å². The van der Waals surface area contributed by atoms with Crippen molar-refractivity contribution < 1.29 is 14.3 Å². The number of hydrogen-bond acceptors (Lipinski definition) is 3. The van der Waals surface area contributed by atoms with Gasteiger partial charge in [0, 0.05) is 17.6 Å². The molecule has 2 amide bonds. The number of nitrogens with one attached hydrogen (secondary N) is 1. The van der Waals surface area contributed by atoms with Gasteiger partial charge in [-0.15, -0.1) is 0 Å². The Bertz CT molecular complexity index is 776. The Morgan fingerprint density at radius 3 is 2.83 bits per heavy atom. The third-order valence-electron chi connectivity index (χ3n) is 3.51. The molecule has 118 valence electrons. The minimum atomic E-state index is -0.175. The first-order valence-corrected chi connectivity index (χ1v) is 7.50. The van der Waals surface area contributed by atoms with E-state index in [1.54, 1.807) is 29.2 Å². The van der Waals surface area contributed by atoms with Crippen LogP contribution in [0, 0.1) is 0 Å². The average Bonchev–Trinajstić information content (AvgIpc) is 2.51. The molecule has 0 radical (unpaired) electrons. The van der Waals surface area contributed by atoms with Gasteiger partial charge >= 0.3 is 0 Å². The topological polar surface area (TPSA) is 58.6 Å². The van der Waals surface area contributed by atoms with Crippen LogP contribution >= 0.6 is 11.6 Å². The molecule has 0 unspecified atom stereocenters. The minimum Gasteiger partial charge on any atom is -0.482 e. The lowest BCUT2D eigenvalue weighted by molar-refractivity contribution is -0.121. The molecule has 1 heterocycles. The van der Waals surface area contributed by atoms with E-state index in [0.717, 1.165) is 5.56 Å². The Hall–Kier alpha value is -2.53. The summed E-state index contributed by atoms with van der Waals surface area (Å²) < 4.78 is 5.46. The van der Waals surface area contributed by atoms with Crippen LogP contribution < -0.4 is 15.0 Å². The number of benzene rings is 2. The van der Waals surface area contributed by atoms with E-state index in [9.17, 15) is 9.59 Å². The van der Waals surface area contributed by atoms with Crippen molar-refractivity contribution in [3.05, 3.63) is 53.1 Å². The molecule has 0 aromatic heterocycles. The zero-order valence-corrected chi connectivity index (χ0v) is 13.3. The van der Waals surface area contributed by atoms with Crippen LogP contribution in [0.15, 0.2) is 42.5 Å². The highest BCUT2D eigenvalue weighted by molar-refractivity contribution is 6.31. The third kappa shape index (κ3) is 3.29. The second-order valence-electron chi connectivity index (χ2n) is 5.22. The van der Waals surface area contributed by atoms with E-state index in [4.69, 9.17) is 16.3 Å². The highest BCUT2D eigenvalue weighted by Crippen LogP contribution is 2.36. The van der Waals surface area contributed by atoms with Crippen molar-refractivity contribution in [2.75, 3.05) is 16.8 Å². The number of halogens is 1. The van der Waals surface area contributed by atoms with E-state index < -0.39 is 0 Å². The molecule has 0 saturated carbocycles. The van der Waals surface area contributed by atoms with E-state index in [-0.39, 0.29) is 18.4 Å². The second kappa shape index (κ2) is 6.30. The van der Waals surface area contributed by atoms with Crippen molar-refractivity contribution in [3.8, 4) is 5.75 Å². The molecule has 5 nitrogen and oxygen atoms in total. The first kappa shape index (κ1) is 15.4. The van der Waals surface area contributed by atoms with Gasteiger partial charge in [0.1, 0.15) is 5.75 Å². The van der Waals surface area contributed by atoms with Crippen molar-refractivity contribution in [1.29, 1.82) is 0 Å². The van der Waals surface area contributed by atoms with Gasteiger partial charge in [0.05, 0.1) is 12.2 Å². The minimum absolute atomic E-state index is 0.0169. The summed E-state index contributed by atoms with van der Waals surface area (Å²) in [6, 6.07) is 12.6. The van der Waals surface area contributed by atoms with Crippen molar-refractivity contribution in [2.24, 2.45) is 0 Å². The standard InChI is InChI=1S/C17H15ClN2O3/c1-11(21)19-13-6-7-16-15(8-13)20(17(22)10-23-16)9-12-4-2-3-5-14(12)18/h2-8H,9-10H2,1H3,(H,19,21). The highest BCUT2D eigenvalue weighted by Gasteiger charge is 2.26. The zero-order valence-electron chi connectivity index (χ0n) is 12.5. The maximum Gasteiger partial charge on any atom is 0.265 e. The largest absolute Gasteiger partial charge is 0.482 e. The molecule has 2 aromatic rings. The highest BCUT2D eigenvalue weighted by atomic mass is 35.5. The monoisotopic (exact) mass is 330 g/mol. The average molecular weight is 331 g/mol. The number of rotatable bonds is 3. The van der Waals surface area contributed by atoms with Crippen molar-refractivity contribution in [3.63, 3.8) is 0 Å². The smallest absolute Gasteiger partial charge is 0.265 e. The van der Waals surface area contributed by atoms with Gasteiger partial charge in [-0.05, 0) is 29.8 Å². The first-order chi connectivity index (χ1) is 11.0. The second-order valence-corrected chi connectivity index (χ2v) is 5.63. The van der Waals surface area contributed by atoms with Crippen LogP contribution in [-0.2, 0) is 16.1 Å². The molecule has 1 aliphatic rings. The fraction of sp³-hybridized carbons (Fsp3) is 0.176. The van der Waals surface area contributed by atoms with Gasteiger partial charge in [-0.3, -0.25) is 9.59 Å². The van der Waals surface area contributed by atoms with Crippen LogP contribution in [0.5, 0.6) is 5.75 Å². The quantitative estimate of drug-likeness (QED) is 0.940. The zero-order chi connectivity index (χ0) is 16.4. The Morgan fingerprint density at radius 2 is 2.09 bits per heavy atom. The lowest BCUT2D eigenvalue weighted by atomic mass is 10.1. The first-order valence-electron chi connectivity index (χ1n) is 7.13. The molecule has 0 atom stereocenters. The number of carbonyl (C=O) groups is 2. The van der Waals surface area contributed by atoms with E-state index >= 15 is 0 Å². The molecule has 0 spiro atoms. The Labute approximate surface area is 138 Å². The van der Waals surface area contributed by atoms with Gasteiger partial charge in [-0.2, -0.15) is 0 Å². The molecule has 1 aliphatic heterocycles. The number of amides is 2. The molecule has 0 bridgehead atoms. The summed E-state index contributed by atoms with van der Waals surface area (Å²) in [4.78, 5) is 25.1. The Morgan fingerprint density at radius 1 is 1.30 bits per heavy atom. The summed E-state index contributed by atoms with van der Waals surface area (Å²) in [6.07, 6.45) is 0. The molecule has 23 heavy (non-hydrogen) atoms. The summed E-state index contributed by atoms with van der Waals surface area (Å²) in [6.45, 7) is 1.76. The fourth-order valence-electron chi connectivity index (χ4n) is 2.45. The number of fused-ring (bicyclic) bond motifs is 1. The number of nitrogens with zero attached hydrogens (tertiary/aromatic N) is 1. The van der Waals surface area contributed by atoms with Gasteiger partial charge in [0.25, 0.3) is 5.91 Å². The van der Waals surface area contributed by atoms with Crippen LogP contribution in [0.3, 0.4) is 0 Å². The summed E-state index contributed by atoms with van der Waals surface area (Å²) in [5.41, 5.74) is 2.08. The van der Waals surface area contributed by atoms with E-state index in [0.29, 0.717) is 28.7 Å². The predicted octanol–water partition coefficient (Wildman–Crippen LogP) is 3.22. The Balaban J connectivity index is 1.96. The lowest BCUT2D eigenvalue weighted by Crippen LogP contribution is -2.38. The van der Waals surface area contributed by atoms with Crippen LogP contribution in [-0.4, -0.2) is 18.4 Å². The van der Waals surface area contributed by atoms with E-state index in [2.05, 4.69) is 5.32 Å². The van der Waals surface area contributed by atoms with Gasteiger partial charge in [0.15, 0.2) is 6.61 Å². The predicted molar refractivity (Wildman–Crippen MR) is 88.9 cm³/mol. The molecule has 0 aliphatic carbocycles. The summed E-state index contributed by atoms with van der Waals surface area (Å²) in [7, 11) is 0. The van der Waals surface area contributed by atoms with Gasteiger partial charge < -0.3 is 15.0 Å². The van der Waals surface area contributed by atoms with Gasteiger partial charge in [0.2, 0.25) is 5.91 Å². The summed E-state index contributed by atoms with van der Waals surface area (Å²) in [5.74, 6) is 0.272. The van der Waals surface area contributed by atoms with Gasteiger partial charge in [-0.1, -0.05) is 29.8 Å². The SMILES string of the molecule is CC(=O)Nc1ccc2c(c1)N(Cc1ccccc1Cl)C(=O)CO2. The van der Waals surface area contributed by atoms with E-state index in [1.807, 2.05) is 18.2 Å². The van der Waals surface area contributed by atoms with Crippen LogP contribution in [0.4, 0.5) is 11.4 Å². The summed E-state index contributed by atoms with van der Waals surface area (Å²) >= 11 is 6.19. The lowest BCUT2D eigenvalue weighted by Gasteiger charge is -2.30. The molecule has 0 saturated heterocycles. The molecule has 1 N–H and O–H groups in total. The normalized spacial score (nSPS) is 13.3. The number of anilines is 2. The van der Waals surface area contributed by atoms with Gasteiger partial charge in [-0.25, -0.2) is 0 Å². The van der Waals surface area contributed by atoms with Crippen molar-refractivity contribution >= 4 is 34.8 Å². The van der Waals surface area contributed by atoms with Crippen LogP contribution in [0.1, 0.15) is 12.5 Å². The number of ether oxygens (including phenoxy) is 1. The molecule has 3 rings (SSSR count). The molecule has 2 aromatic carbocycles. The maximum atomic E-state index is 12.3. The Kier molecular flexibility index (Phi) is 4.21. The fourth-order valence-corrected chi connectivity index (χ4v) is 2.65. The molecule has 0 fully saturated rings.